The van der Waals surface area contributed by atoms with Crippen LogP contribution in [0, 0.1) is 17.8 Å². The number of piperazine rings is 1. The average molecular weight is 1110 g/mol. The van der Waals surface area contributed by atoms with Crippen LogP contribution in [-0.2, 0) is 49.6 Å². The van der Waals surface area contributed by atoms with E-state index >= 15 is 0 Å². The maximum atomic E-state index is 13.7. The number of nitrogens with two attached hydrogens (primary N) is 1. The zero-order valence-electron chi connectivity index (χ0n) is 47.2. The standard InChI is InChI=1S/C58H81N9O13/c1-37(2)52(63-48(69)16-9-8-10-28-67-49(70)25-26-50(67)71)55(74)62-46(15-12-27-60-56(59)75)54(73)61-43-21-19-41(20-22-43)36-78-57(76)65-29-31-66(32-30-65)58(77)79-47-24-18-39(4)53(80-51(72)35-45(68)23-17-38(47)3)40(5)33-42-13-11-14-44(34-42)64(6)7/h11,13-14,18-22,24-26,33-34,37-39,45-47,52-53,68H,8-10,12,15-17,23,27-32,35-36H2,1-7H3,(H,61,73)(H,62,74)(H,63,69)(H3,59,60,75)/b24-18+,40-33+/t38-,39-,45+,46-,47?,52-,53-/m0/s1. The molecule has 1 fully saturated rings. The molecule has 0 aromatic heterocycles. The maximum Gasteiger partial charge on any atom is 0.410 e. The number of carbonyl (C=O) groups excluding carboxylic acids is 9. The molecule has 0 radical (unpaired) electrons. The van der Waals surface area contributed by atoms with E-state index in [9.17, 15) is 48.3 Å². The number of nitrogens with zero attached hydrogens (tertiary/aromatic N) is 4. The van der Waals surface area contributed by atoms with Crippen molar-refractivity contribution in [3.8, 4) is 0 Å². The summed E-state index contributed by atoms with van der Waals surface area (Å²) in [6, 6.07) is 11.8. The molecule has 22 heteroatoms. The Bertz CT molecular complexity index is 2560. The second-order valence-electron chi connectivity index (χ2n) is 21.3. The van der Waals surface area contributed by atoms with Crippen LogP contribution in [0.25, 0.3) is 6.08 Å². The topological polar surface area (TPSA) is 289 Å². The highest BCUT2D eigenvalue weighted by molar-refractivity contribution is 6.12. The lowest BCUT2D eigenvalue weighted by atomic mass is 9.91. The predicted octanol–water partition coefficient (Wildman–Crippen LogP) is 5.40. The number of rotatable bonds is 22. The highest BCUT2D eigenvalue weighted by Gasteiger charge is 2.32. The summed E-state index contributed by atoms with van der Waals surface area (Å²) in [7, 11) is 3.92. The lowest BCUT2D eigenvalue weighted by molar-refractivity contribution is -0.151. The van der Waals surface area contributed by atoms with Gasteiger partial charge in [0.05, 0.1) is 12.5 Å². The number of benzene rings is 2. The van der Waals surface area contributed by atoms with Crippen molar-refractivity contribution in [3.05, 3.63) is 89.5 Å². The van der Waals surface area contributed by atoms with E-state index in [1.165, 1.54) is 22.0 Å². The molecule has 1 unspecified atom stereocenters. The number of anilines is 2. The van der Waals surface area contributed by atoms with Crippen LogP contribution in [0.15, 0.2) is 78.4 Å². The van der Waals surface area contributed by atoms with Crippen LogP contribution in [0.5, 0.6) is 0 Å². The molecule has 0 spiro atoms. The Labute approximate surface area is 468 Å². The predicted molar refractivity (Wildman–Crippen MR) is 300 cm³/mol. The molecule has 0 bridgehead atoms. The molecule has 80 heavy (non-hydrogen) atoms. The van der Waals surface area contributed by atoms with E-state index in [4.69, 9.17) is 19.9 Å². The first-order valence-electron chi connectivity index (χ1n) is 27.5. The average Bonchev–Trinajstić information content (AvgIpc) is 3.76. The number of urea groups is 1. The summed E-state index contributed by atoms with van der Waals surface area (Å²) in [6.07, 6.45) is 7.49. The van der Waals surface area contributed by atoms with Crippen LogP contribution in [0.4, 0.5) is 25.8 Å². The molecule has 7 atom stereocenters. The first-order chi connectivity index (χ1) is 38.1. The molecule has 436 valence electrons. The number of aliphatic hydroxyl groups excluding tert-OH is 1. The summed E-state index contributed by atoms with van der Waals surface area (Å²) >= 11 is 0. The van der Waals surface area contributed by atoms with E-state index in [1.54, 1.807) is 38.1 Å². The van der Waals surface area contributed by atoms with E-state index in [-0.39, 0.29) is 107 Å². The Morgan fingerprint density at radius 1 is 0.850 bits per heavy atom. The summed E-state index contributed by atoms with van der Waals surface area (Å²) in [6.45, 7) is 10.4. The van der Waals surface area contributed by atoms with Gasteiger partial charge < -0.3 is 61.0 Å². The monoisotopic (exact) mass is 1110 g/mol. The SMILES string of the molecule is C/C(=C\c1cccc(N(C)C)c1)[C@H]1OC(=O)C[C@H](O)CC[C@H](C)C(OC(=O)N2CCN(C(=O)OCc3ccc(NC(=O)[C@H](CCCNC(N)=O)NC(=O)[C@@H](NC(=O)CCCCCN4C(=O)C=CC4=O)C(C)C)cc3)CC2)/C=C/[C@@H]1C. The van der Waals surface area contributed by atoms with Crippen molar-refractivity contribution in [2.75, 3.05) is 63.6 Å². The number of hydrogen-bond donors (Lipinski definition) is 6. The highest BCUT2D eigenvalue weighted by atomic mass is 16.6. The van der Waals surface area contributed by atoms with Crippen molar-refractivity contribution in [1.29, 1.82) is 0 Å². The fourth-order valence-corrected chi connectivity index (χ4v) is 9.31. The summed E-state index contributed by atoms with van der Waals surface area (Å²) in [5, 5.41) is 21.6. The van der Waals surface area contributed by atoms with Crippen molar-refractivity contribution in [2.24, 2.45) is 23.5 Å². The number of nitrogens with one attached hydrogen (secondary N) is 4. The molecule has 5 rings (SSSR count). The molecule has 0 aliphatic carbocycles. The van der Waals surface area contributed by atoms with Crippen LogP contribution in [0.1, 0.15) is 104 Å². The lowest BCUT2D eigenvalue weighted by Crippen LogP contribution is -2.54. The third-order valence-corrected chi connectivity index (χ3v) is 14.2. The van der Waals surface area contributed by atoms with Gasteiger partial charge in [0, 0.05) is 89.2 Å². The molecule has 1 saturated heterocycles. The second kappa shape index (κ2) is 31.1. The fourth-order valence-electron chi connectivity index (χ4n) is 9.31. The molecule has 3 aliphatic heterocycles. The van der Waals surface area contributed by atoms with Gasteiger partial charge in [-0.25, -0.2) is 14.4 Å². The summed E-state index contributed by atoms with van der Waals surface area (Å²) < 4.78 is 17.7. The van der Waals surface area contributed by atoms with E-state index in [2.05, 4.69) is 21.3 Å². The van der Waals surface area contributed by atoms with E-state index in [0.717, 1.165) is 21.7 Å². The van der Waals surface area contributed by atoms with E-state index in [1.807, 2.05) is 82.3 Å². The fraction of sp³-hybridized carbons (Fsp3) is 0.534. The molecule has 2 aromatic rings. The van der Waals surface area contributed by atoms with Crippen LogP contribution >= 0.6 is 0 Å². The van der Waals surface area contributed by atoms with Crippen LogP contribution < -0.4 is 31.9 Å². The van der Waals surface area contributed by atoms with Crippen molar-refractivity contribution < 1.29 is 62.5 Å². The number of unbranched alkanes of at least 4 members (excludes halogenated alkanes) is 2. The van der Waals surface area contributed by atoms with Gasteiger partial charge in [0.2, 0.25) is 17.7 Å². The number of cyclic esters (lactones) is 1. The summed E-state index contributed by atoms with van der Waals surface area (Å²) in [4.78, 5) is 121. The molecule has 22 nitrogen and oxygen atoms in total. The van der Waals surface area contributed by atoms with Crippen molar-refractivity contribution in [3.63, 3.8) is 0 Å². The zero-order chi connectivity index (χ0) is 58.5. The molecule has 7 N–H and O–H groups in total. The Kier molecular flexibility index (Phi) is 24.6. The van der Waals surface area contributed by atoms with Gasteiger partial charge in [0.15, 0.2) is 0 Å². The Hall–Kier alpha value is -7.75. The van der Waals surface area contributed by atoms with E-state index in [0.29, 0.717) is 43.4 Å². The van der Waals surface area contributed by atoms with Crippen LogP contribution in [0.3, 0.4) is 0 Å². The first kappa shape index (κ1) is 63.1. The molecular formula is C58H81N9O13. The number of esters is 1. The summed E-state index contributed by atoms with van der Waals surface area (Å²) in [5.74, 6) is -3.56. The van der Waals surface area contributed by atoms with Crippen LogP contribution in [0.2, 0.25) is 0 Å². The number of aliphatic hydroxyl groups is 1. The Balaban J connectivity index is 1.10. The smallest absolute Gasteiger partial charge is 0.410 e. The minimum Gasteiger partial charge on any atom is -0.457 e. The van der Waals surface area contributed by atoms with Gasteiger partial charge in [-0.3, -0.25) is 33.7 Å². The molecular weight excluding hydrogens is 1030 g/mol. The van der Waals surface area contributed by atoms with Gasteiger partial charge in [-0.05, 0) is 104 Å². The highest BCUT2D eigenvalue weighted by Crippen LogP contribution is 2.27. The Morgan fingerprint density at radius 3 is 2.17 bits per heavy atom. The maximum absolute atomic E-state index is 13.7. The van der Waals surface area contributed by atoms with Gasteiger partial charge in [0.25, 0.3) is 11.8 Å². The molecule has 9 amide bonds. The minimum absolute atomic E-state index is 0.0838. The van der Waals surface area contributed by atoms with Crippen molar-refractivity contribution >= 4 is 71.2 Å². The lowest BCUT2D eigenvalue weighted by Gasteiger charge is -2.35. The number of carbonyl (C=O) groups is 9. The van der Waals surface area contributed by atoms with Crippen molar-refractivity contribution in [2.45, 2.75) is 129 Å². The van der Waals surface area contributed by atoms with Gasteiger partial charge in [-0.1, -0.05) is 70.5 Å². The molecule has 3 aliphatic rings. The molecule has 0 saturated carbocycles. The minimum atomic E-state index is -1.07. The number of ether oxygens (including phenoxy) is 3. The molecule has 3 heterocycles. The van der Waals surface area contributed by atoms with Crippen LogP contribution in [-0.4, -0.2) is 157 Å². The quantitative estimate of drug-likeness (QED) is 0.0283. The largest absolute Gasteiger partial charge is 0.457 e. The van der Waals surface area contributed by atoms with E-state index < -0.39 is 66.4 Å². The van der Waals surface area contributed by atoms with Gasteiger partial charge >= 0.3 is 24.2 Å². The van der Waals surface area contributed by atoms with Gasteiger partial charge in [-0.15, -0.1) is 0 Å². The number of primary amides is 1. The number of imide groups is 1. The zero-order valence-corrected chi connectivity index (χ0v) is 47.2. The Morgan fingerprint density at radius 2 is 1.52 bits per heavy atom. The van der Waals surface area contributed by atoms with Gasteiger partial charge in [-0.2, -0.15) is 0 Å². The number of hydrogen-bond acceptors (Lipinski definition) is 14. The molecule has 2 aromatic carbocycles. The third-order valence-electron chi connectivity index (χ3n) is 14.2. The van der Waals surface area contributed by atoms with Gasteiger partial charge in [0.1, 0.15) is 30.9 Å². The second-order valence-corrected chi connectivity index (χ2v) is 21.3. The first-order valence-corrected chi connectivity index (χ1v) is 27.5. The van der Waals surface area contributed by atoms with Crippen molar-refractivity contribution in [1.82, 2.24) is 30.7 Å². The normalized spacial score (nSPS) is 21.1. The third kappa shape index (κ3) is 20.2. The summed E-state index contributed by atoms with van der Waals surface area (Å²) in [5.41, 5.74) is 9.00. The number of amides is 9.